The van der Waals surface area contributed by atoms with E-state index in [2.05, 4.69) is 45.1 Å². The summed E-state index contributed by atoms with van der Waals surface area (Å²) >= 11 is 0. The lowest BCUT2D eigenvalue weighted by Gasteiger charge is -2.26. The molecule has 0 atom stereocenters. The normalized spacial score (nSPS) is 13.7. The van der Waals surface area contributed by atoms with Crippen LogP contribution in [0.3, 0.4) is 0 Å². The van der Waals surface area contributed by atoms with Gasteiger partial charge in [0.15, 0.2) is 5.82 Å². The van der Waals surface area contributed by atoms with Crippen LogP contribution >= 0.6 is 0 Å². The molecule has 242 valence electrons. The smallest absolute Gasteiger partial charge is 0.337 e. The number of carboxylic acid groups (broad SMARTS) is 1. The Kier molecular flexibility index (Phi) is 7.34. The first-order chi connectivity index (χ1) is 24.6. The van der Waals surface area contributed by atoms with Gasteiger partial charge in [0.25, 0.3) is 0 Å². The van der Waals surface area contributed by atoms with Gasteiger partial charge in [0, 0.05) is 22.4 Å². The van der Waals surface area contributed by atoms with Gasteiger partial charge in [-0.25, -0.2) is 9.78 Å². The predicted molar refractivity (Wildman–Crippen MR) is 197 cm³/mol. The van der Waals surface area contributed by atoms with Gasteiger partial charge in [-0.2, -0.15) is 0 Å². The van der Waals surface area contributed by atoms with Crippen molar-refractivity contribution in [2.45, 2.75) is 38.1 Å². The molecular weight excluding hydrogens is 621 g/mol. The van der Waals surface area contributed by atoms with E-state index < -0.39 is 5.97 Å². The molecule has 3 aromatic heterocycles. The monoisotopic (exact) mass is 652 g/mol. The number of aromatic nitrogens is 6. The molecule has 5 aromatic carbocycles. The fraction of sp³-hybridized carbons (Fsp3) is 0.143. The highest BCUT2D eigenvalue weighted by molar-refractivity contribution is 6.12. The number of imidazole rings is 1. The van der Waals surface area contributed by atoms with E-state index in [1.807, 2.05) is 91.0 Å². The second-order valence-corrected chi connectivity index (χ2v) is 13.0. The summed E-state index contributed by atoms with van der Waals surface area (Å²) in [4.78, 5) is 18.6. The van der Waals surface area contributed by atoms with Gasteiger partial charge in [-0.1, -0.05) is 110 Å². The molecule has 1 N–H and O–H groups in total. The van der Waals surface area contributed by atoms with Crippen LogP contribution < -0.4 is 0 Å². The van der Waals surface area contributed by atoms with E-state index in [4.69, 9.17) is 15.2 Å². The van der Waals surface area contributed by atoms with E-state index in [1.165, 1.54) is 6.42 Å². The topological polar surface area (TPSA) is 107 Å². The number of hydrogen-bond acceptors (Lipinski definition) is 6. The van der Waals surface area contributed by atoms with Crippen LogP contribution in [-0.4, -0.2) is 41.0 Å². The van der Waals surface area contributed by atoms with Crippen molar-refractivity contribution in [2.75, 3.05) is 0 Å². The van der Waals surface area contributed by atoms with E-state index in [9.17, 15) is 9.90 Å². The van der Waals surface area contributed by atoms with Gasteiger partial charge in [0.05, 0.1) is 33.3 Å². The molecule has 0 bridgehead atoms. The standard InChI is InChI=1S/C42H32N6O2/c49-42(50)38-32(27-14-6-2-7-15-27)25-37-40(39(38)35-23-29-16-10-11-19-33(29)44-46-35)43-41(48(37)31-17-8-3-9-18-31)36-24-30-21-20-28(22-34(30)45-47-36)26-12-4-1-5-13-26/h1-2,4-7,10-16,19-25,31H,3,8-9,17-18H2,(H,49,50). The zero-order chi connectivity index (χ0) is 33.6. The molecule has 8 nitrogen and oxygen atoms in total. The van der Waals surface area contributed by atoms with Crippen molar-refractivity contribution in [3.8, 4) is 45.0 Å². The van der Waals surface area contributed by atoms with Crippen molar-refractivity contribution >= 4 is 38.8 Å². The van der Waals surface area contributed by atoms with Crippen LogP contribution in [0.5, 0.6) is 0 Å². The Morgan fingerprint density at radius 2 is 1.28 bits per heavy atom. The summed E-state index contributed by atoms with van der Waals surface area (Å²) in [7, 11) is 0. The Bertz CT molecular complexity index is 2560. The molecule has 1 saturated carbocycles. The lowest BCUT2D eigenvalue weighted by atomic mass is 9.91. The molecule has 50 heavy (non-hydrogen) atoms. The van der Waals surface area contributed by atoms with Crippen molar-refractivity contribution in [1.82, 2.24) is 29.9 Å². The zero-order valence-corrected chi connectivity index (χ0v) is 27.2. The van der Waals surface area contributed by atoms with Gasteiger partial charge in [-0.15, -0.1) is 20.4 Å². The van der Waals surface area contributed by atoms with Crippen LogP contribution in [0.25, 0.3) is 77.9 Å². The highest BCUT2D eigenvalue weighted by Crippen LogP contribution is 2.43. The van der Waals surface area contributed by atoms with Gasteiger partial charge in [-0.05, 0) is 65.4 Å². The quantitative estimate of drug-likeness (QED) is 0.191. The van der Waals surface area contributed by atoms with E-state index >= 15 is 0 Å². The average molecular weight is 653 g/mol. The molecule has 1 fully saturated rings. The first-order valence-corrected chi connectivity index (χ1v) is 17.1. The Labute approximate surface area is 288 Å². The van der Waals surface area contributed by atoms with Crippen LogP contribution in [0.15, 0.2) is 121 Å². The summed E-state index contributed by atoms with van der Waals surface area (Å²) in [5.74, 6) is -0.380. The van der Waals surface area contributed by atoms with Gasteiger partial charge in [0.2, 0.25) is 0 Å². The van der Waals surface area contributed by atoms with Crippen molar-refractivity contribution in [1.29, 1.82) is 0 Å². The number of hydrogen-bond donors (Lipinski definition) is 1. The van der Waals surface area contributed by atoms with Crippen molar-refractivity contribution < 1.29 is 9.90 Å². The van der Waals surface area contributed by atoms with E-state index in [-0.39, 0.29) is 11.6 Å². The van der Waals surface area contributed by atoms with Crippen LogP contribution in [0, 0.1) is 0 Å². The summed E-state index contributed by atoms with van der Waals surface area (Å²) in [6, 6.07) is 40.0. The maximum Gasteiger partial charge on any atom is 0.337 e. The molecule has 1 aliphatic carbocycles. The lowest BCUT2D eigenvalue weighted by Crippen LogP contribution is -2.14. The number of aromatic carboxylic acids is 1. The highest BCUT2D eigenvalue weighted by Gasteiger charge is 2.30. The predicted octanol–water partition coefficient (Wildman–Crippen LogP) is 9.79. The molecule has 0 unspecified atom stereocenters. The lowest BCUT2D eigenvalue weighted by molar-refractivity contribution is 0.0698. The highest BCUT2D eigenvalue weighted by atomic mass is 16.4. The molecule has 0 spiro atoms. The van der Waals surface area contributed by atoms with Crippen LogP contribution in [0.2, 0.25) is 0 Å². The Balaban J connectivity index is 1.33. The minimum atomic E-state index is -1.05. The third-order valence-electron chi connectivity index (χ3n) is 9.90. The number of benzene rings is 5. The molecule has 8 heteroatoms. The number of carbonyl (C=O) groups is 1. The van der Waals surface area contributed by atoms with Crippen LogP contribution in [0.4, 0.5) is 0 Å². The van der Waals surface area contributed by atoms with Gasteiger partial charge in [-0.3, -0.25) is 0 Å². The average Bonchev–Trinajstić information content (AvgIpc) is 3.57. The Morgan fingerprint density at radius 1 is 0.620 bits per heavy atom. The summed E-state index contributed by atoms with van der Waals surface area (Å²) < 4.78 is 2.29. The third-order valence-corrected chi connectivity index (χ3v) is 9.90. The maximum absolute atomic E-state index is 13.3. The molecular formula is C42H32N6O2. The number of nitrogens with zero attached hydrogens (tertiary/aromatic N) is 6. The summed E-state index contributed by atoms with van der Waals surface area (Å²) in [6.07, 6.45) is 5.39. The largest absolute Gasteiger partial charge is 0.478 e. The van der Waals surface area contributed by atoms with Crippen LogP contribution in [-0.2, 0) is 0 Å². The van der Waals surface area contributed by atoms with Crippen molar-refractivity contribution in [3.63, 3.8) is 0 Å². The summed E-state index contributed by atoms with van der Waals surface area (Å²) in [5, 5.41) is 31.3. The van der Waals surface area contributed by atoms with Gasteiger partial charge < -0.3 is 9.67 Å². The van der Waals surface area contributed by atoms with E-state index in [0.29, 0.717) is 33.9 Å². The first-order valence-electron chi connectivity index (χ1n) is 17.1. The molecule has 9 rings (SSSR count). The zero-order valence-electron chi connectivity index (χ0n) is 27.2. The van der Waals surface area contributed by atoms with Crippen molar-refractivity contribution in [2.24, 2.45) is 0 Å². The minimum Gasteiger partial charge on any atom is -0.478 e. The summed E-state index contributed by atoms with van der Waals surface area (Å²) in [6.45, 7) is 0. The Morgan fingerprint density at radius 3 is 2.06 bits per heavy atom. The van der Waals surface area contributed by atoms with Gasteiger partial charge >= 0.3 is 5.97 Å². The van der Waals surface area contributed by atoms with Gasteiger partial charge in [0.1, 0.15) is 5.69 Å². The number of rotatable bonds is 6. The number of carboxylic acids is 1. The summed E-state index contributed by atoms with van der Waals surface area (Å²) in [5.41, 5.74) is 8.24. The Hall–Kier alpha value is -6.28. The molecule has 1 aliphatic rings. The van der Waals surface area contributed by atoms with Crippen molar-refractivity contribution in [3.05, 3.63) is 127 Å². The second kappa shape index (κ2) is 12.3. The molecule has 0 amide bonds. The maximum atomic E-state index is 13.3. The first kappa shape index (κ1) is 29.8. The molecule has 3 heterocycles. The number of fused-ring (bicyclic) bond motifs is 3. The van der Waals surface area contributed by atoms with E-state index in [1.54, 1.807) is 0 Å². The molecule has 0 aliphatic heterocycles. The van der Waals surface area contributed by atoms with E-state index in [0.717, 1.165) is 69.7 Å². The SMILES string of the molecule is O=C(O)c1c(-c2ccccc2)cc2c(nc(-c3cc4ccc(-c5ccccc5)cc4nn3)n2C2CCCCC2)c1-c1cc2ccccc2nn1. The second-order valence-electron chi connectivity index (χ2n) is 13.0. The third kappa shape index (κ3) is 5.17. The molecule has 0 radical (unpaired) electrons. The van der Waals surface area contributed by atoms with Crippen LogP contribution in [0.1, 0.15) is 48.5 Å². The minimum absolute atomic E-state index is 0.145. The molecule has 0 saturated heterocycles. The molecule has 8 aromatic rings. The fourth-order valence-corrected chi connectivity index (χ4v) is 7.50. The fourth-order valence-electron chi connectivity index (χ4n) is 7.50.